The SMILES string of the molecule is O=C(Oc1ccccc1)c1cccc(C#CC#Cc2cccc(C(=O)Oc3ccccc3)c2)c1. The molecule has 4 aromatic rings. The lowest BCUT2D eigenvalue weighted by Crippen LogP contribution is -2.08. The molecule has 0 aliphatic rings. The van der Waals surface area contributed by atoms with Crippen LogP contribution in [0.25, 0.3) is 0 Å². The molecule has 4 rings (SSSR count). The van der Waals surface area contributed by atoms with Crippen molar-refractivity contribution >= 4 is 11.9 Å². The number of benzene rings is 4. The van der Waals surface area contributed by atoms with Crippen molar-refractivity contribution in [3.63, 3.8) is 0 Å². The zero-order chi connectivity index (χ0) is 23.6. The quantitative estimate of drug-likeness (QED) is 0.237. The molecule has 4 nitrogen and oxygen atoms in total. The summed E-state index contributed by atoms with van der Waals surface area (Å²) in [5.41, 5.74) is 2.07. The number of esters is 2. The molecule has 0 fully saturated rings. The molecular weight excluding hydrogens is 424 g/mol. The maximum Gasteiger partial charge on any atom is 0.343 e. The van der Waals surface area contributed by atoms with Crippen LogP contribution in [0, 0.1) is 23.7 Å². The molecule has 0 saturated carbocycles. The summed E-state index contributed by atoms with van der Waals surface area (Å²) in [5, 5.41) is 0. The van der Waals surface area contributed by atoms with Crippen LogP contribution in [-0.2, 0) is 0 Å². The monoisotopic (exact) mass is 442 g/mol. The van der Waals surface area contributed by atoms with Crippen molar-refractivity contribution in [2.45, 2.75) is 0 Å². The van der Waals surface area contributed by atoms with Crippen LogP contribution < -0.4 is 9.47 Å². The van der Waals surface area contributed by atoms with E-state index in [0.717, 1.165) is 0 Å². The van der Waals surface area contributed by atoms with Gasteiger partial charge in [-0.1, -0.05) is 60.4 Å². The van der Waals surface area contributed by atoms with Gasteiger partial charge in [-0.05, 0) is 72.5 Å². The molecule has 34 heavy (non-hydrogen) atoms. The molecule has 0 bridgehead atoms. The van der Waals surface area contributed by atoms with E-state index in [9.17, 15) is 9.59 Å². The first-order valence-corrected chi connectivity index (χ1v) is 10.4. The fourth-order valence-corrected chi connectivity index (χ4v) is 2.96. The van der Waals surface area contributed by atoms with Crippen LogP contribution in [0.4, 0.5) is 0 Å². The van der Waals surface area contributed by atoms with Gasteiger partial charge >= 0.3 is 11.9 Å². The second-order valence-electron chi connectivity index (χ2n) is 7.07. The zero-order valence-corrected chi connectivity index (χ0v) is 18.0. The van der Waals surface area contributed by atoms with Crippen molar-refractivity contribution in [3.05, 3.63) is 131 Å². The first-order valence-electron chi connectivity index (χ1n) is 10.4. The summed E-state index contributed by atoms with van der Waals surface area (Å²) in [5.74, 6) is 11.4. The largest absolute Gasteiger partial charge is 0.423 e. The third-order valence-electron chi connectivity index (χ3n) is 4.58. The standard InChI is InChI=1S/C30H18O4/c31-29(33-27-17-3-1-4-18-27)25-15-9-13-23(21-25)11-7-8-12-24-14-10-16-26(22-24)30(32)34-28-19-5-2-6-20-28/h1-6,9-10,13-22H. The Morgan fingerprint density at radius 1 is 0.500 bits per heavy atom. The van der Waals surface area contributed by atoms with Crippen molar-refractivity contribution in [1.29, 1.82) is 0 Å². The Hall–Kier alpha value is -5.06. The fraction of sp³-hybridized carbons (Fsp3) is 0. The highest BCUT2D eigenvalue weighted by Crippen LogP contribution is 2.14. The number of para-hydroxylation sites is 2. The predicted octanol–water partition coefficient (Wildman–Crippen LogP) is 5.53. The molecule has 0 saturated heterocycles. The number of rotatable bonds is 4. The van der Waals surface area contributed by atoms with Gasteiger partial charge in [-0.15, -0.1) is 0 Å². The Morgan fingerprint density at radius 2 is 0.912 bits per heavy atom. The van der Waals surface area contributed by atoms with E-state index >= 15 is 0 Å². The van der Waals surface area contributed by atoms with Gasteiger partial charge in [-0.25, -0.2) is 9.59 Å². The van der Waals surface area contributed by atoms with Crippen molar-refractivity contribution in [2.75, 3.05) is 0 Å². The topological polar surface area (TPSA) is 52.6 Å². The van der Waals surface area contributed by atoms with Gasteiger partial charge in [0, 0.05) is 11.1 Å². The number of carbonyl (C=O) groups is 2. The highest BCUT2D eigenvalue weighted by molar-refractivity contribution is 5.92. The van der Waals surface area contributed by atoms with Crippen molar-refractivity contribution in [1.82, 2.24) is 0 Å². The first-order chi connectivity index (χ1) is 16.7. The number of ether oxygens (including phenoxy) is 2. The zero-order valence-electron chi connectivity index (χ0n) is 18.0. The molecule has 0 aliphatic carbocycles. The Morgan fingerprint density at radius 3 is 1.32 bits per heavy atom. The smallest absolute Gasteiger partial charge is 0.343 e. The Labute approximate surface area is 197 Å². The van der Waals surface area contributed by atoms with Gasteiger partial charge in [0.1, 0.15) is 11.5 Å². The maximum absolute atomic E-state index is 12.3. The molecule has 0 radical (unpaired) electrons. The van der Waals surface area contributed by atoms with E-state index in [4.69, 9.17) is 9.47 Å². The number of carbonyl (C=O) groups excluding carboxylic acids is 2. The molecule has 4 aromatic carbocycles. The van der Waals surface area contributed by atoms with E-state index < -0.39 is 11.9 Å². The minimum atomic E-state index is -0.458. The highest BCUT2D eigenvalue weighted by Gasteiger charge is 2.09. The van der Waals surface area contributed by atoms with Crippen LogP contribution in [0.2, 0.25) is 0 Å². The van der Waals surface area contributed by atoms with E-state index in [1.54, 1.807) is 97.1 Å². The normalized spacial score (nSPS) is 9.53. The van der Waals surface area contributed by atoms with E-state index in [2.05, 4.69) is 23.7 Å². The summed E-state index contributed by atoms with van der Waals surface area (Å²) >= 11 is 0. The third-order valence-corrected chi connectivity index (χ3v) is 4.58. The van der Waals surface area contributed by atoms with E-state index in [1.807, 2.05) is 12.1 Å². The van der Waals surface area contributed by atoms with Gasteiger partial charge in [0.05, 0.1) is 11.1 Å². The van der Waals surface area contributed by atoms with Crippen LogP contribution in [0.3, 0.4) is 0 Å². The minimum Gasteiger partial charge on any atom is -0.423 e. The van der Waals surface area contributed by atoms with Crippen molar-refractivity contribution in [3.8, 4) is 35.2 Å². The second-order valence-corrected chi connectivity index (χ2v) is 7.07. The molecule has 0 aromatic heterocycles. The second kappa shape index (κ2) is 11.0. The van der Waals surface area contributed by atoms with Gasteiger partial charge in [-0.2, -0.15) is 0 Å². The van der Waals surface area contributed by atoms with Gasteiger partial charge < -0.3 is 9.47 Å². The molecular formula is C30H18O4. The maximum atomic E-state index is 12.3. The van der Waals surface area contributed by atoms with Crippen molar-refractivity contribution in [2.24, 2.45) is 0 Å². The predicted molar refractivity (Wildman–Crippen MR) is 129 cm³/mol. The molecule has 0 N–H and O–H groups in total. The Balaban J connectivity index is 1.42. The van der Waals surface area contributed by atoms with Crippen LogP contribution in [0.15, 0.2) is 109 Å². The van der Waals surface area contributed by atoms with Crippen LogP contribution in [-0.4, -0.2) is 11.9 Å². The average Bonchev–Trinajstić information content (AvgIpc) is 2.88. The molecule has 0 heterocycles. The Bertz CT molecular complexity index is 1320. The van der Waals surface area contributed by atoms with Crippen LogP contribution >= 0.6 is 0 Å². The lowest BCUT2D eigenvalue weighted by molar-refractivity contribution is 0.0725. The lowest BCUT2D eigenvalue weighted by Gasteiger charge is -2.04. The third kappa shape index (κ3) is 6.23. The summed E-state index contributed by atoms with van der Waals surface area (Å²) in [4.78, 5) is 24.7. The van der Waals surface area contributed by atoms with E-state index in [1.165, 1.54) is 0 Å². The minimum absolute atomic E-state index is 0.397. The molecule has 162 valence electrons. The summed E-state index contributed by atoms with van der Waals surface area (Å²) in [6.07, 6.45) is 0. The van der Waals surface area contributed by atoms with Crippen molar-refractivity contribution < 1.29 is 19.1 Å². The summed E-state index contributed by atoms with van der Waals surface area (Å²) in [6, 6.07) is 31.4. The average molecular weight is 442 g/mol. The van der Waals surface area contributed by atoms with Gasteiger partial charge in [-0.3, -0.25) is 0 Å². The highest BCUT2D eigenvalue weighted by atomic mass is 16.5. The van der Waals surface area contributed by atoms with Crippen LogP contribution in [0.1, 0.15) is 31.8 Å². The fourth-order valence-electron chi connectivity index (χ4n) is 2.96. The molecule has 4 heteroatoms. The van der Waals surface area contributed by atoms with Gasteiger partial charge in [0.15, 0.2) is 0 Å². The molecule has 0 amide bonds. The number of hydrogen-bond acceptors (Lipinski definition) is 4. The van der Waals surface area contributed by atoms with E-state index in [0.29, 0.717) is 33.8 Å². The summed E-state index contributed by atoms with van der Waals surface area (Å²) in [7, 11) is 0. The summed E-state index contributed by atoms with van der Waals surface area (Å²) in [6.45, 7) is 0. The van der Waals surface area contributed by atoms with E-state index in [-0.39, 0.29) is 0 Å². The lowest BCUT2D eigenvalue weighted by atomic mass is 10.1. The first kappa shape index (κ1) is 22.1. The van der Waals surface area contributed by atoms with Gasteiger partial charge in [0.25, 0.3) is 0 Å². The Kier molecular flexibility index (Phi) is 7.16. The number of hydrogen-bond donors (Lipinski definition) is 0. The molecule has 0 atom stereocenters. The molecule has 0 unspecified atom stereocenters. The summed E-state index contributed by atoms with van der Waals surface area (Å²) < 4.78 is 10.7. The van der Waals surface area contributed by atoms with Crippen LogP contribution in [0.5, 0.6) is 11.5 Å². The molecule has 0 spiro atoms. The molecule has 0 aliphatic heterocycles. The van der Waals surface area contributed by atoms with Gasteiger partial charge in [0.2, 0.25) is 0 Å².